The van der Waals surface area contributed by atoms with Gasteiger partial charge < -0.3 is 0 Å². The van der Waals surface area contributed by atoms with Crippen molar-refractivity contribution in [3.05, 3.63) is 75.4 Å². The van der Waals surface area contributed by atoms with Crippen molar-refractivity contribution < 1.29 is 19.2 Å². The van der Waals surface area contributed by atoms with Crippen molar-refractivity contribution in [3.63, 3.8) is 0 Å². The fourth-order valence-corrected chi connectivity index (χ4v) is 6.02. The van der Waals surface area contributed by atoms with Crippen LogP contribution >= 0.6 is 0 Å². The van der Waals surface area contributed by atoms with E-state index in [0.717, 1.165) is 11.3 Å². The first-order valence-corrected chi connectivity index (χ1v) is 11.0. The minimum atomic E-state index is -0.681. The molecule has 0 aromatic heterocycles. The van der Waals surface area contributed by atoms with Gasteiger partial charge in [-0.15, -0.1) is 0 Å². The van der Waals surface area contributed by atoms with Crippen molar-refractivity contribution in [1.82, 2.24) is 0 Å². The summed E-state index contributed by atoms with van der Waals surface area (Å²) in [6.07, 6.45) is 3.81. The van der Waals surface area contributed by atoms with Crippen molar-refractivity contribution in [2.24, 2.45) is 0 Å². The van der Waals surface area contributed by atoms with E-state index in [1.54, 1.807) is 6.92 Å². The molecule has 7 nitrogen and oxygen atoms in total. The number of ether oxygens (including phenoxy) is 2. The Balaban J connectivity index is 1.73. The monoisotopic (exact) mass is 472 g/mol. The number of non-ortho nitro benzene ring substituents is 1. The standard InChI is InChI=1S/C22H20N2O5Se/c1-13(2)21(25)28-12-16-11-17(24(26)27)10-15-7-8-22(29-20(15)16)23(4)18-9-14(3)5-6-19(18)30-22/h5-11H,1,12H2,2-4H3. The van der Waals surface area contributed by atoms with Gasteiger partial charge in [-0.2, -0.15) is 0 Å². The molecule has 2 aromatic carbocycles. The van der Waals surface area contributed by atoms with Gasteiger partial charge >= 0.3 is 180 Å². The van der Waals surface area contributed by atoms with E-state index in [1.165, 1.54) is 16.6 Å². The summed E-state index contributed by atoms with van der Waals surface area (Å²) in [6.45, 7) is 7.03. The summed E-state index contributed by atoms with van der Waals surface area (Å²) < 4.78 is 12.3. The van der Waals surface area contributed by atoms with E-state index < -0.39 is 15.5 Å². The Kier molecular flexibility index (Phi) is 4.92. The molecule has 0 saturated heterocycles. The minimum absolute atomic E-state index is 0.0492. The van der Waals surface area contributed by atoms with Crippen LogP contribution in [0.4, 0.5) is 11.4 Å². The van der Waals surface area contributed by atoms with Gasteiger partial charge in [0.2, 0.25) is 0 Å². The second-order valence-electron chi connectivity index (χ2n) is 7.34. The number of nitro groups is 1. The number of hydrogen-bond donors (Lipinski definition) is 0. The molecule has 2 aliphatic rings. The zero-order chi connectivity index (χ0) is 21.6. The number of hydrogen-bond acceptors (Lipinski definition) is 6. The van der Waals surface area contributed by atoms with Crippen LogP contribution in [0.3, 0.4) is 0 Å². The molecular weight excluding hydrogens is 451 g/mol. The Hall–Kier alpha value is -3.09. The van der Waals surface area contributed by atoms with Crippen LogP contribution in [-0.4, -0.2) is 37.5 Å². The van der Waals surface area contributed by atoms with E-state index in [2.05, 4.69) is 29.7 Å². The van der Waals surface area contributed by atoms with Crippen LogP contribution in [0.2, 0.25) is 0 Å². The number of esters is 1. The number of fused-ring (bicyclic) bond motifs is 2. The van der Waals surface area contributed by atoms with Crippen LogP contribution in [0.15, 0.2) is 48.6 Å². The Morgan fingerprint density at radius 3 is 2.83 bits per heavy atom. The molecule has 0 fully saturated rings. The van der Waals surface area contributed by atoms with Crippen molar-refractivity contribution in [2.75, 3.05) is 11.9 Å². The van der Waals surface area contributed by atoms with Gasteiger partial charge in [0, 0.05) is 0 Å². The first kappa shape index (κ1) is 20.2. The van der Waals surface area contributed by atoms with Crippen LogP contribution in [-0.2, 0) is 16.1 Å². The summed E-state index contributed by atoms with van der Waals surface area (Å²) >= 11 is -0.0492. The zero-order valence-corrected chi connectivity index (χ0v) is 18.5. The summed E-state index contributed by atoms with van der Waals surface area (Å²) in [5, 5.41) is 11.4. The van der Waals surface area contributed by atoms with E-state index in [0.29, 0.717) is 16.9 Å². The first-order chi connectivity index (χ1) is 14.2. The van der Waals surface area contributed by atoms with E-state index >= 15 is 0 Å². The van der Waals surface area contributed by atoms with Crippen LogP contribution in [0.1, 0.15) is 23.6 Å². The van der Waals surface area contributed by atoms with E-state index in [9.17, 15) is 14.9 Å². The van der Waals surface area contributed by atoms with Gasteiger partial charge in [-0.05, 0) is 0 Å². The molecule has 2 heterocycles. The quantitative estimate of drug-likeness (QED) is 0.224. The number of benzene rings is 2. The molecule has 0 N–H and O–H groups in total. The Labute approximate surface area is 180 Å². The topological polar surface area (TPSA) is 81.9 Å². The summed E-state index contributed by atoms with van der Waals surface area (Å²) in [5.74, 6) is -0.0581. The maximum atomic E-state index is 11.9. The summed E-state index contributed by atoms with van der Waals surface area (Å²) in [5.41, 5.74) is 3.50. The van der Waals surface area contributed by atoms with Crippen molar-refractivity contribution in [3.8, 4) is 5.75 Å². The molecule has 0 aliphatic carbocycles. The Morgan fingerprint density at radius 1 is 1.37 bits per heavy atom. The second-order valence-corrected chi connectivity index (χ2v) is 9.91. The Bertz CT molecular complexity index is 1130. The third kappa shape index (κ3) is 3.38. The predicted molar refractivity (Wildman–Crippen MR) is 115 cm³/mol. The van der Waals surface area contributed by atoms with Gasteiger partial charge in [0.25, 0.3) is 0 Å². The summed E-state index contributed by atoms with van der Waals surface area (Å²) in [6, 6.07) is 9.20. The summed E-state index contributed by atoms with van der Waals surface area (Å²) in [7, 11) is 1.98. The number of carbonyl (C=O) groups is 1. The molecule has 30 heavy (non-hydrogen) atoms. The molecule has 0 bridgehead atoms. The molecule has 2 aliphatic heterocycles. The molecule has 154 valence electrons. The van der Waals surface area contributed by atoms with Crippen LogP contribution in [0.5, 0.6) is 5.75 Å². The number of aryl methyl sites for hydroxylation is 1. The molecular formula is C22H20N2O5Se. The SMILES string of the molecule is C=C(C)C(=O)OCc1cc([N+](=O)[O-])cc2c1OC1(C=C2)[Se]c2ccc(C)cc2N1C. The number of nitrogens with zero attached hydrogens (tertiary/aromatic N) is 2. The van der Waals surface area contributed by atoms with Gasteiger partial charge in [0.1, 0.15) is 0 Å². The van der Waals surface area contributed by atoms with Gasteiger partial charge in [-0.1, -0.05) is 0 Å². The molecule has 0 amide bonds. The number of anilines is 1. The third-order valence-electron chi connectivity index (χ3n) is 5.02. The number of rotatable bonds is 4. The van der Waals surface area contributed by atoms with Crippen LogP contribution in [0, 0.1) is 17.0 Å². The molecule has 1 spiro atoms. The van der Waals surface area contributed by atoms with Crippen molar-refractivity contribution in [1.29, 1.82) is 0 Å². The van der Waals surface area contributed by atoms with E-state index in [4.69, 9.17) is 9.47 Å². The maximum absolute atomic E-state index is 11.9. The number of nitro benzene ring substituents is 1. The fraction of sp³-hybridized carbons (Fsp3) is 0.227. The molecule has 2 aromatic rings. The average molecular weight is 471 g/mol. The fourth-order valence-electron chi connectivity index (χ4n) is 3.40. The van der Waals surface area contributed by atoms with Gasteiger partial charge in [0.15, 0.2) is 0 Å². The summed E-state index contributed by atoms with van der Waals surface area (Å²) in [4.78, 5) is 24.9. The van der Waals surface area contributed by atoms with E-state index in [1.807, 2.05) is 26.1 Å². The zero-order valence-electron chi connectivity index (χ0n) is 16.8. The van der Waals surface area contributed by atoms with E-state index in [-0.39, 0.29) is 32.8 Å². The molecule has 4 rings (SSSR count). The molecule has 8 heteroatoms. The second kappa shape index (κ2) is 7.31. The van der Waals surface area contributed by atoms with Crippen LogP contribution in [0.25, 0.3) is 6.08 Å². The van der Waals surface area contributed by atoms with Gasteiger partial charge in [0.05, 0.1) is 0 Å². The molecule has 1 atom stereocenters. The van der Waals surface area contributed by atoms with Crippen molar-refractivity contribution >= 4 is 42.8 Å². The molecule has 1 unspecified atom stereocenters. The average Bonchev–Trinajstić information content (AvgIpc) is 2.96. The third-order valence-corrected chi connectivity index (χ3v) is 7.85. The van der Waals surface area contributed by atoms with Gasteiger partial charge in [-0.25, -0.2) is 0 Å². The molecule has 0 radical (unpaired) electrons. The predicted octanol–water partition coefficient (Wildman–Crippen LogP) is 3.06. The normalized spacial score (nSPS) is 18.6. The first-order valence-electron chi connectivity index (χ1n) is 9.26. The number of likely N-dealkylation sites (N-methyl/N-ethyl adjacent to an activating group) is 1. The van der Waals surface area contributed by atoms with Gasteiger partial charge in [-0.3, -0.25) is 0 Å². The van der Waals surface area contributed by atoms with Crippen LogP contribution < -0.4 is 14.1 Å². The van der Waals surface area contributed by atoms with Crippen molar-refractivity contribution in [2.45, 2.75) is 25.1 Å². The Morgan fingerprint density at radius 2 is 2.13 bits per heavy atom. The molecule has 0 saturated carbocycles. The number of carbonyl (C=O) groups excluding carboxylic acids is 1.